The summed E-state index contributed by atoms with van der Waals surface area (Å²) >= 11 is 3.34. The number of aromatic nitrogens is 3. The van der Waals surface area contributed by atoms with Crippen LogP contribution in [0.4, 0.5) is 5.82 Å². The lowest BCUT2D eigenvalue weighted by Crippen LogP contribution is -2.01. The Hall–Kier alpha value is -1.69. The summed E-state index contributed by atoms with van der Waals surface area (Å²) in [6, 6.07) is 3.58. The van der Waals surface area contributed by atoms with Crippen LogP contribution in [0.5, 0.6) is 11.6 Å². The summed E-state index contributed by atoms with van der Waals surface area (Å²) in [4.78, 5) is 12.6. The standard InChI is InChI=1S/C12H13BrN4O/c1-3-10-16-11(14-2)5-12(17-10)18-9-4-8(13)6-15-7-9/h4-7H,3H2,1-2H3,(H,14,16,17). The van der Waals surface area contributed by atoms with Crippen LogP contribution in [0.3, 0.4) is 0 Å². The molecule has 2 aromatic heterocycles. The first-order valence-electron chi connectivity index (χ1n) is 5.55. The molecule has 0 aromatic carbocycles. The van der Waals surface area contributed by atoms with Crippen molar-refractivity contribution in [1.82, 2.24) is 15.0 Å². The molecule has 0 atom stereocenters. The molecule has 0 bridgehead atoms. The number of ether oxygens (including phenoxy) is 1. The second-order valence-electron chi connectivity index (χ2n) is 3.55. The van der Waals surface area contributed by atoms with Crippen LogP contribution in [0.25, 0.3) is 0 Å². The van der Waals surface area contributed by atoms with E-state index in [9.17, 15) is 0 Å². The van der Waals surface area contributed by atoms with Crippen molar-refractivity contribution < 1.29 is 4.74 Å². The van der Waals surface area contributed by atoms with Gasteiger partial charge in [0.15, 0.2) is 0 Å². The van der Waals surface area contributed by atoms with Crippen molar-refractivity contribution in [2.45, 2.75) is 13.3 Å². The van der Waals surface area contributed by atoms with Crippen LogP contribution < -0.4 is 10.1 Å². The van der Waals surface area contributed by atoms with Crippen molar-refractivity contribution in [3.63, 3.8) is 0 Å². The average molecular weight is 309 g/mol. The third-order valence-electron chi connectivity index (χ3n) is 2.22. The van der Waals surface area contributed by atoms with E-state index in [0.717, 1.165) is 22.5 Å². The Balaban J connectivity index is 2.28. The lowest BCUT2D eigenvalue weighted by atomic mass is 10.4. The Morgan fingerprint density at radius 3 is 2.78 bits per heavy atom. The van der Waals surface area contributed by atoms with Gasteiger partial charge in [0.05, 0.1) is 6.20 Å². The third-order valence-corrected chi connectivity index (χ3v) is 2.66. The summed E-state index contributed by atoms with van der Waals surface area (Å²) in [7, 11) is 1.81. The van der Waals surface area contributed by atoms with Gasteiger partial charge in [-0.1, -0.05) is 6.92 Å². The minimum atomic E-state index is 0.506. The van der Waals surface area contributed by atoms with Crippen LogP contribution in [-0.4, -0.2) is 22.0 Å². The molecule has 1 N–H and O–H groups in total. The largest absolute Gasteiger partial charge is 0.437 e. The molecule has 0 fully saturated rings. The van der Waals surface area contributed by atoms with E-state index in [1.54, 1.807) is 18.5 Å². The summed E-state index contributed by atoms with van der Waals surface area (Å²) in [6.45, 7) is 2.00. The van der Waals surface area contributed by atoms with Gasteiger partial charge in [-0.05, 0) is 22.0 Å². The van der Waals surface area contributed by atoms with Gasteiger partial charge in [-0.15, -0.1) is 0 Å². The number of anilines is 1. The molecule has 0 aliphatic carbocycles. The summed E-state index contributed by atoms with van der Waals surface area (Å²) in [6.07, 6.45) is 4.09. The van der Waals surface area contributed by atoms with Crippen molar-refractivity contribution in [3.05, 3.63) is 34.8 Å². The number of pyridine rings is 1. The van der Waals surface area contributed by atoms with Crippen molar-refractivity contribution in [1.29, 1.82) is 0 Å². The normalized spacial score (nSPS) is 10.2. The van der Waals surface area contributed by atoms with Crippen molar-refractivity contribution in [2.24, 2.45) is 0 Å². The molecule has 0 spiro atoms. The number of nitrogens with one attached hydrogen (secondary N) is 1. The van der Waals surface area contributed by atoms with E-state index < -0.39 is 0 Å². The molecule has 6 heteroatoms. The molecule has 18 heavy (non-hydrogen) atoms. The molecule has 0 aliphatic heterocycles. The van der Waals surface area contributed by atoms with Gasteiger partial charge in [-0.3, -0.25) is 4.98 Å². The molecule has 94 valence electrons. The van der Waals surface area contributed by atoms with Crippen molar-refractivity contribution in [3.8, 4) is 11.6 Å². The predicted molar refractivity (Wildman–Crippen MR) is 73.0 cm³/mol. The number of rotatable bonds is 4. The molecule has 0 aliphatic rings. The van der Waals surface area contributed by atoms with Crippen LogP contribution in [0.15, 0.2) is 29.0 Å². The van der Waals surface area contributed by atoms with Crippen LogP contribution in [-0.2, 0) is 6.42 Å². The van der Waals surface area contributed by atoms with E-state index in [1.807, 2.05) is 20.0 Å². The molecule has 0 unspecified atom stereocenters. The maximum Gasteiger partial charge on any atom is 0.224 e. The lowest BCUT2D eigenvalue weighted by molar-refractivity contribution is 0.457. The molecule has 0 saturated carbocycles. The molecule has 2 heterocycles. The molecular weight excluding hydrogens is 296 g/mol. The lowest BCUT2D eigenvalue weighted by Gasteiger charge is -2.08. The maximum atomic E-state index is 5.66. The Labute approximate surface area is 114 Å². The fourth-order valence-electron chi connectivity index (χ4n) is 1.38. The van der Waals surface area contributed by atoms with Crippen molar-refractivity contribution >= 4 is 21.7 Å². The molecule has 0 saturated heterocycles. The highest BCUT2D eigenvalue weighted by molar-refractivity contribution is 9.10. The Kier molecular flexibility index (Phi) is 4.09. The number of nitrogens with zero attached hydrogens (tertiary/aromatic N) is 3. The summed E-state index contributed by atoms with van der Waals surface area (Å²) < 4.78 is 6.52. The zero-order valence-corrected chi connectivity index (χ0v) is 11.7. The predicted octanol–water partition coefficient (Wildman–Crippen LogP) is 3.03. The average Bonchev–Trinajstić information content (AvgIpc) is 2.38. The molecule has 2 rings (SSSR count). The van der Waals surface area contributed by atoms with Gasteiger partial charge in [0.2, 0.25) is 5.88 Å². The Bertz CT molecular complexity index is 525. The monoisotopic (exact) mass is 308 g/mol. The summed E-state index contributed by atoms with van der Waals surface area (Å²) in [5.74, 6) is 2.61. The van der Waals surface area contributed by atoms with Gasteiger partial charge in [-0.25, -0.2) is 4.98 Å². The fourth-order valence-corrected chi connectivity index (χ4v) is 1.72. The molecular formula is C12H13BrN4O. The molecule has 0 radical (unpaired) electrons. The van der Waals surface area contributed by atoms with Crippen LogP contribution in [0.1, 0.15) is 12.7 Å². The summed E-state index contributed by atoms with van der Waals surface area (Å²) in [5, 5.41) is 2.98. The molecule has 0 amide bonds. The Morgan fingerprint density at radius 2 is 2.11 bits per heavy atom. The highest BCUT2D eigenvalue weighted by Crippen LogP contribution is 2.23. The minimum Gasteiger partial charge on any atom is -0.437 e. The van der Waals surface area contributed by atoms with Crippen LogP contribution >= 0.6 is 15.9 Å². The second kappa shape index (κ2) is 5.77. The smallest absolute Gasteiger partial charge is 0.224 e. The first-order chi connectivity index (χ1) is 8.71. The number of hydrogen-bond donors (Lipinski definition) is 1. The van der Waals surface area contributed by atoms with E-state index in [4.69, 9.17) is 4.74 Å². The highest BCUT2D eigenvalue weighted by atomic mass is 79.9. The Morgan fingerprint density at radius 1 is 1.28 bits per heavy atom. The SMILES string of the molecule is CCc1nc(NC)cc(Oc2cncc(Br)c2)n1. The van der Waals surface area contributed by atoms with Gasteiger partial charge in [0, 0.05) is 30.2 Å². The topological polar surface area (TPSA) is 59.9 Å². The van der Waals surface area contributed by atoms with Gasteiger partial charge < -0.3 is 10.1 Å². The second-order valence-corrected chi connectivity index (χ2v) is 4.47. The van der Waals surface area contributed by atoms with E-state index >= 15 is 0 Å². The summed E-state index contributed by atoms with van der Waals surface area (Å²) in [5.41, 5.74) is 0. The number of aryl methyl sites for hydroxylation is 1. The van der Waals surface area contributed by atoms with E-state index in [1.165, 1.54) is 0 Å². The van der Waals surface area contributed by atoms with Gasteiger partial charge in [0.1, 0.15) is 17.4 Å². The maximum absolute atomic E-state index is 5.66. The van der Waals surface area contributed by atoms with E-state index in [0.29, 0.717) is 11.6 Å². The fraction of sp³-hybridized carbons (Fsp3) is 0.250. The molecule has 2 aromatic rings. The zero-order chi connectivity index (χ0) is 13.0. The number of hydrogen-bond acceptors (Lipinski definition) is 5. The van der Waals surface area contributed by atoms with Gasteiger partial charge >= 0.3 is 0 Å². The quantitative estimate of drug-likeness (QED) is 0.940. The first kappa shape index (κ1) is 12.8. The third kappa shape index (κ3) is 3.16. The molecule has 5 nitrogen and oxygen atoms in total. The first-order valence-corrected chi connectivity index (χ1v) is 6.34. The van der Waals surface area contributed by atoms with Crippen LogP contribution in [0.2, 0.25) is 0 Å². The highest BCUT2D eigenvalue weighted by Gasteiger charge is 2.05. The van der Waals surface area contributed by atoms with E-state index in [2.05, 4.69) is 36.2 Å². The van der Waals surface area contributed by atoms with Crippen molar-refractivity contribution in [2.75, 3.05) is 12.4 Å². The van der Waals surface area contributed by atoms with Gasteiger partial charge in [0.25, 0.3) is 0 Å². The zero-order valence-electron chi connectivity index (χ0n) is 10.1. The number of halogens is 1. The van der Waals surface area contributed by atoms with Gasteiger partial charge in [-0.2, -0.15) is 4.98 Å². The van der Waals surface area contributed by atoms with Crippen LogP contribution in [0, 0.1) is 0 Å². The van der Waals surface area contributed by atoms with E-state index in [-0.39, 0.29) is 0 Å². The minimum absolute atomic E-state index is 0.506.